The molecule has 4 aromatic carbocycles. The van der Waals surface area contributed by atoms with Gasteiger partial charge in [0.1, 0.15) is 10.6 Å². The predicted octanol–water partition coefficient (Wildman–Crippen LogP) is 4.99. The van der Waals surface area contributed by atoms with Gasteiger partial charge in [0, 0.05) is 17.7 Å². The zero-order chi connectivity index (χ0) is 30.4. The van der Waals surface area contributed by atoms with E-state index in [1.807, 2.05) is 42.5 Å². The summed E-state index contributed by atoms with van der Waals surface area (Å²) in [5.41, 5.74) is 5.76. The molecule has 5 aromatic rings. The quantitative estimate of drug-likeness (QED) is 0.150. The Morgan fingerprint density at radius 2 is 1.61 bits per heavy atom. The number of non-ortho nitro benzene ring substituents is 1. The minimum absolute atomic E-state index is 0.0670. The Hall–Kier alpha value is -5.13. The normalized spacial score (nSPS) is 16.0. The smallest absolute Gasteiger partial charge is 0.339 e. The van der Waals surface area contributed by atoms with Gasteiger partial charge in [0.25, 0.3) is 11.2 Å². The molecule has 1 aromatic heterocycles. The van der Waals surface area contributed by atoms with E-state index in [9.17, 15) is 23.3 Å². The van der Waals surface area contributed by atoms with E-state index in [0.717, 1.165) is 59.5 Å². The number of thiazole rings is 1. The molecule has 0 spiro atoms. The number of nitrogens with zero attached hydrogens (tertiary/aromatic N) is 3. The molecule has 2 heterocycles. The van der Waals surface area contributed by atoms with Crippen LogP contribution in [0.2, 0.25) is 0 Å². The van der Waals surface area contributed by atoms with Crippen LogP contribution in [0.3, 0.4) is 0 Å². The first-order chi connectivity index (χ1) is 21.3. The molecule has 0 bridgehead atoms. The highest BCUT2D eigenvalue weighted by atomic mass is 32.2. The Kier molecular flexibility index (Phi) is 6.83. The van der Waals surface area contributed by atoms with Crippen molar-refractivity contribution in [1.82, 2.24) is 4.57 Å². The maximum absolute atomic E-state index is 13.9. The van der Waals surface area contributed by atoms with Crippen molar-refractivity contribution in [2.24, 2.45) is 4.99 Å². The number of rotatable bonds is 6. The third-order valence-corrected chi connectivity index (χ3v) is 9.95. The number of aryl methyl sites for hydroxylation is 1. The molecule has 218 valence electrons. The number of nitro benzene ring substituents is 1. The number of nitro groups is 1. The molecule has 1 aliphatic heterocycles. The molecular formula is C33H23N3O6S2. The number of aromatic nitrogens is 1. The first kappa shape index (κ1) is 27.7. The molecule has 9 nitrogen and oxygen atoms in total. The van der Waals surface area contributed by atoms with E-state index in [1.54, 1.807) is 22.8 Å². The topological polar surface area (TPSA) is 121 Å². The molecule has 11 heteroatoms. The van der Waals surface area contributed by atoms with Crippen LogP contribution in [0, 0.1) is 10.1 Å². The fourth-order valence-electron chi connectivity index (χ4n) is 5.64. The highest BCUT2D eigenvalue weighted by molar-refractivity contribution is 7.87. The van der Waals surface area contributed by atoms with Crippen molar-refractivity contribution in [2.75, 3.05) is 0 Å². The molecular weight excluding hydrogens is 599 g/mol. The molecule has 0 radical (unpaired) electrons. The first-order valence-electron chi connectivity index (χ1n) is 13.8. The van der Waals surface area contributed by atoms with Crippen LogP contribution in [-0.4, -0.2) is 17.9 Å². The summed E-state index contributed by atoms with van der Waals surface area (Å²) >= 11 is 1.32. The lowest BCUT2D eigenvalue weighted by Crippen LogP contribution is -2.38. The molecule has 2 aliphatic rings. The van der Waals surface area contributed by atoms with E-state index in [1.165, 1.54) is 29.0 Å². The SMILES string of the molecule is O=c1/c(=C/c2ccc(OS(=O)(=O)c3ccc([N+](=O)[O-])cc3)cc2)sc2n1[C@H](c1ccccc1)C1=C(N=2)c2ccccc2CC1. The van der Waals surface area contributed by atoms with E-state index in [0.29, 0.717) is 14.9 Å². The number of hydrogen-bond donors (Lipinski definition) is 0. The van der Waals surface area contributed by atoms with Gasteiger partial charge < -0.3 is 4.18 Å². The second-order valence-corrected chi connectivity index (χ2v) is 12.9. The van der Waals surface area contributed by atoms with Gasteiger partial charge in [-0.1, -0.05) is 78.1 Å². The number of hydrogen-bond acceptors (Lipinski definition) is 8. The minimum Gasteiger partial charge on any atom is -0.379 e. The average molecular weight is 622 g/mol. The zero-order valence-corrected chi connectivity index (χ0v) is 24.6. The molecule has 0 fully saturated rings. The van der Waals surface area contributed by atoms with Gasteiger partial charge in [0.2, 0.25) is 0 Å². The first-order valence-corrected chi connectivity index (χ1v) is 16.0. The summed E-state index contributed by atoms with van der Waals surface area (Å²) < 4.78 is 32.9. The van der Waals surface area contributed by atoms with E-state index in [4.69, 9.17) is 9.18 Å². The van der Waals surface area contributed by atoms with Crippen molar-refractivity contribution in [3.8, 4) is 5.75 Å². The average Bonchev–Trinajstić information content (AvgIpc) is 3.35. The number of fused-ring (bicyclic) bond motifs is 3. The Morgan fingerprint density at radius 3 is 2.34 bits per heavy atom. The highest BCUT2D eigenvalue weighted by Crippen LogP contribution is 2.41. The molecule has 1 atom stereocenters. The van der Waals surface area contributed by atoms with Crippen molar-refractivity contribution >= 4 is 38.9 Å². The van der Waals surface area contributed by atoms with Crippen LogP contribution in [0.5, 0.6) is 5.75 Å². The molecule has 7 rings (SSSR count). The summed E-state index contributed by atoms with van der Waals surface area (Å²) in [7, 11) is -4.20. The van der Waals surface area contributed by atoms with Gasteiger partial charge >= 0.3 is 10.1 Å². The van der Waals surface area contributed by atoms with E-state index >= 15 is 0 Å². The maximum atomic E-state index is 13.9. The van der Waals surface area contributed by atoms with Crippen LogP contribution in [0.1, 0.15) is 34.7 Å². The van der Waals surface area contributed by atoms with Crippen LogP contribution in [0.25, 0.3) is 11.8 Å². The Morgan fingerprint density at radius 1 is 0.909 bits per heavy atom. The number of benzene rings is 4. The molecule has 0 N–H and O–H groups in total. The van der Waals surface area contributed by atoms with E-state index < -0.39 is 15.0 Å². The lowest BCUT2D eigenvalue weighted by atomic mass is 9.83. The van der Waals surface area contributed by atoms with Gasteiger partial charge in [-0.2, -0.15) is 8.42 Å². The van der Waals surface area contributed by atoms with Crippen molar-refractivity contribution < 1.29 is 17.5 Å². The molecule has 0 saturated carbocycles. The molecule has 0 unspecified atom stereocenters. The molecule has 44 heavy (non-hydrogen) atoms. The third-order valence-electron chi connectivity index (χ3n) is 7.71. The number of allylic oxidation sites excluding steroid dienone is 1. The van der Waals surface area contributed by atoms with Crippen LogP contribution in [0.15, 0.2) is 123 Å². The fourth-order valence-corrected chi connectivity index (χ4v) is 7.57. The van der Waals surface area contributed by atoms with Crippen molar-refractivity contribution in [1.29, 1.82) is 0 Å². The second-order valence-electron chi connectivity index (χ2n) is 10.4. The van der Waals surface area contributed by atoms with E-state index in [-0.39, 0.29) is 27.9 Å². The standard InChI is InChI=1S/C33H23N3O6S2/c37-32-29(20-21-10-15-25(16-11-21)42-44(40,41)26-17-13-24(14-18-26)36(38)39)43-33-34-30-27-9-5-4-6-22(27)12-19-28(30)31(35(32)33)23-7-2-1-3-8-23/h1-11,13-18,20,31H,12,19H2/b29-20-/t31-/m1/s1. The van der Waals surface area contributed by atoms with E-state index in [2.05, 4.69) is 12.1 Å². The summed E-state index contributed by atoms with van der Waals surface area (Å²) in [6.45, 7) is 0. The van der Waals surface area contributed by atoms with Gasteiger partial charge in [-0.25, -0.2) is 4.99 Å². The maximum Gasteiger partial charge on any atom is 0.339 e. The largest absolute Gasteiger partial charge is 0.379 e. The zero-order valence-electron chi connectivity index (χ0n) is 23.0. The second kappa shape index (κ2) is 10.9. The lowest BCUT2D eigenvalue weighted by Gasteiger charge is -2.30. The summed E-state index contributed by atoms with van der Waals surface area (Å²) in [4.78, 5) is 29.6. The summed E-state index contributed by atoms with van der Waals surface area (Å²) in [6, 6.07) is 28.8. The molecule has 0 amide bonds. The monoisotopic (exact) mass is 621 g/mol. The fraction of sp³-hybridized carbons (Fsp3) is 0.0909. The van der Waals surface area contributed by atoms with Crippen LogP contribution < -0.4 is 19.1 Å². The van der Waals surface area contributed by atoms with Gasteiger partial charge in [-0.3, -0.25) is 19.5 Å². The lowest BCUT2D eigenvalue weighted by molar-refractivity contribution is -0.384. The predicted molar refractivity (Wildman–Crippen MR) is 167 cm³/mol. The minimum atomic E-state index is -4.20. The van der Waals surface area contributed by atoms with Crippen molar-refractivity contribution in [2.45, 2.75) is 23.8 Å². The third kappa shape index (κ3) is 4.95. The van der Waals surface area contributed by atoms with Gasteiger partial charge in [0.15, 0.2) is 4.80 Å². The van der Waals surface area contributed by atoms with Gasteiger partial charge in [-0.05, 0) is 65.4 Å². The molecule has 1 aliphatic carbocycles. The Balaban J connectivity index is 1.24. The van der Waals surface area contributed by atoms with Crippen LogP contribution in [0.4, 0.5) is 5.69 Å². The van der Waals surface area contributed by atoms with Crippen molar-refractivity contribution in [3.05, 3.63) is 161 Å². The Labute approximate surface area is 255 Å². The summed E-state index contributed by atoms with van der Waals surface area (Å²) in [5.74, 6) is 0.0670. The van der Waals surface area contributed by atoms with Crippen LogP contribution >= 0.6 is 11.3 Å². The Bertz CT molecular complexity index is 2260. The van der Waals surface area contributed by atoms with Gasteiger partial charge in [0.05, 0.1) is 21.2 Å². The van der Waals surface area contributed by atoms with Crippen molar-refractivity contribution in [3.63, 3.8) is 0 Å². The van der Waals surface area contributed by atoms with Crippen LogP contribution in [-0.2, 0) is 16.5 Å². The summed E-state index contributed by atoms with van der Waals surface area (Å²) in [6.07, 6.45) is 3.45. The van der Waals surface area contributed by atoms with Gasteiger partial charge in [-0.15, -0.1) is 0 Å². The molecule has 0 saturated heterocycles. The summed E-state index contributed by atoms with van der Waals surface area (Å²) in [5, 5.41) is 10.9. The highest BCUT2D eigenvalue weighted by Gasteiger charge is 2.32.